The Kier molecular flexibility index (Phi) is 3.75. The van der Waals surface area contributed by atoms with Crippen molar-refractivity contribution in [3.05, 3.63) is 42.3 Å². The summed E-state index contributed by atoms with van der Waals surface area (Å²) in [6.07, 6.45) is 3.23. The van der Waals surface area contributed by atoms with Gasteiger partial charge >= 0.3 is 0 Å². The zero-order valence-electron chi connectivity index (χ0n) is 13.6. The predicted octanol–water partition coefficient (Wildman–Crippen LogP) is 1.58. The van der Waals surface area contributed by atoms with Gasteiger partial charge in [-0.1, -0.05) is 12.1 Å². The summed E-state index contributed by atoms with van der Waals surface area (Å²) in [5.41, 5.74) is 0.524. The van der Waals surface area contributed by atoms with Crippen LogP contribution in [0.4, 0.5) is 10.2 Å². The van der Waals surface area contributed by atoms with Crippen LogP contribution in [0.5, 0.6) is 0 Å². The van der Waals surface area contributed by atoms with E-state index in [4.69, 9.17) is 0 Å². The summed E-state index contributed by atoms with van der Waals surface area (Å²) >= 11 is 0. The van der Waals surface area contributed by atoms with Crippen LogP contribution < -0.4 is 4.90 Å². The molecule has 0 radical (unpaired) electrons. The monoisotopic (exact) mass is 341 g/mol. The number of aryl methyl sites for hydroxylation is 1. The quantitative estimate of drug-likeness (QED) is 0.722. The number of tetrazole rings is 1. The van der Waals surface area contributed by atoms with Crippen molar-refractivity contribution in [1.82, 2.24) is 30.0 Å². The summed E-state index contributed by atoms with van der Waals surface area (Å²) in [6.45, 7) is 0.609. The van der Waals surface area contributed by atoms with Crippen LogP contribution in [0.15, 0.2) is 36.5 Å². The Morgan fingerprint density at radius 3 is 2.88 bits per heavy atom. The van der Waals surface area contributed by atoms with E-state index < -0.39 is 6.04 Å². The Balaban J connectivity index is 1.60. The molecule has 0 bridgehead atoms. The molecule has 0 spiro atoms. The Morgan fingerprint density at radius 1 is 1.24 bits per heavy atom. The van der Waals surface area contributed by atoms with E-state index in [0.717, 1.165) is 6.42 Å². The summed E-state index contributed by atoms with van der Waals surface area (Å²) < 4.78 is 15.0. The van der Waals surface area contributed by atoms with Crippen molar-refractivity contribution >= 4 is 11.7 Å². The highest BCUT2D eigenvalue weighted by atomic mass is 19.1. The normalized spacial score (nSPS) is 17.9. The van der Waals surface area contributed by atoms with Crippen LogP contribution in [0.3, 0.4) is 0 Å². The molecule has 1 aliphatic rings. The molecule has 1 aliphatic heterocycles. The Hall–Kier alpha value is -3.10. The van der Waals surface area contributed by atoms with Gasteiger partial charge in [0.15, 0.2) is 11.9 Å². The summed E-state index contributed by atoms with van der Waals surface area (Å²) in [6, 6.07) is 7.24. The number of nitrogens with zero attached hydrogens (tertiary/aromatic N) is 7. The molecule has 0 aliphatic carbocycles. The fourth-order valence-corrected chi connectivity index (χ4v) is 2.95. The number of carbonyl (C=O) groups is 1. The number of hydrogen-bond acceptors (Lipinski definition) is 5. The smallest absolute Gasteiger partial charge is 0.255 e. The third kappa shape index (κ3) is 2.88. The van der Waals surface area contributed by atoms with Crippen LogP contribution in [-0.4, -0.2) is 42.4 Å². The summed E-state index contributed by atoms with van der Waals surface area (Å²) in [7, 11) is 1.81. The lowest BCUT2D eigenvalue weighted by atomic mass is 10.1. The molecule has 1 atom stereocenters. The molecule has 2 aromatic heterocycles. The second-order valence-electron chi connectivity index (χ2n) is 5.94. The highest BCUT2D eigenvalue weighted by molar-refractivity contribution is 5.95. The predicted molar refractivity (Wildman–Crippen MR) is 87.0 cm³/mol. The molecule has 1 fully saturated rings. The maximum absolute atomic E-state index is 13.4. The van der Waals surface area contributed by atoms with Gasteiger partial charge in [-0.2, -0.15) is 9.90 Å². The zero-order valence-corrected chi connectivity index (χ0v) is 13.6. The van der Waals surface area contributed by atoms with E-state index in [-0.39, 0.29) is 11.7 Å². The number of amides is 1. The highest BCUT2D eigenvalue weighted by Crippen LogP contribution is 2.26. The molecule has 0 unspecified atom stereocenters. The second kappa shape index (κ2) is 6.08. The van der Waals surface area contributed by atoms with Crippen molar-refractivity contribution in [3.8, 4) is 11.4 Å². The van der Waals surface area contributed by atoms with Gasteiger partial charge in [0, 0.05) is 31.4 Å². The molecule has 1 saturated heterocycles. The van der Waals surface area contributed by atoms with E-state index in [1.807, 2.05) is 0 Å². The lowest BCUT2D eigenvalue weighted by Gasteiger charge is -2.29. The molecule has 3 aromatic rings. The van der Waals surface area contributed by atoms with Crippen molar-refractivity contribution in [2.45, 2.75) is 18.9 Å². The molecular formula is C16H16FN7O. The summed E-state index contributed by atoms with van der Waals surface area (Å²) in [4.78, 5) is 15.8. The molecule has 1 amide bonds. The molecular weight excluding hydrogens is 325 g/mol. The minimum atomic E-state index is -0.537. The van der Waals surface area contributed by atoms with Crippen molar-refractivity contribution < 1.29 is 9.18 Å². The Labute approximate surface area is 142 Å². The van der Waals surface area contributed by atoms with Crippen LogP contribution >= 0.6 is 0 Å². The fourth-order valence-electron chi connectivity index (χ4n) is 2.95. The number of benzene rings is 1. The van der Waals surface area contributed by atoms with Gasteiger partial charge < -0.3 is 0 Å². The van der Waals surface area contributed by atoms with Gasteiger partial charge in [0.05, 0.1) is 0 Å². The van der Waals surface area contributed by atoms with Crippen molar-refractivity contribution in [2.24, 2.45) is 7.05 Å². The SMILES string of the molecule is Cn1ccc(N2CCC[C@H](n3nnc(-c4cccc(F)c4)n3)C2=O)n1. The third-order valence-corrected chi connectivity index (χ3v) is 4.18. The van der Waals surface area contributed by atoms with E-state index in [1.165, 1.54) is 16.9 Å². The van der Waals surface area contributed by atoms with Gasteiger partial charge in [0.2, 0.25) is 5.82 Å². The average Bonchev–Trinajstić information content (AvgIpc) is 3.24. The molecule has 9 heteroatoms. The first-order valence-electron chi connectivity index (χ1n) is 7.98. The fraction of sp³-hybridized carbons (Fsp3) is 0.312. The van der Waals surface area contributed by atoms with Crippen molar-refractivity contribution in [3.63, 3.8) is 0 Å². The molecule has 1 aromatic carbocycles. The topological polar surface area (TPSA) is 81.7 Å². The third-order valence-electron chi connectivity index (χ3n) is 4.18. The molecule has 128 valence electrons. The van der Waals surface area contributed by atoms with E-state index in [9.17, 15) is 9.18 Å². The average molecular weight is 341 g/mol. The first-order valence-corrected chi connectivity index (χ1v) is 7.98. The van der Waals surface area contributed by atoms with E-state index >= 15 is 0 Å². The lowest BCUT2D eigenvalue weighted by molar-refractivity contribution is -0.123. The van der Waals surface area contributed by atoms with Crippen LogP contribution in [0.2, 0.25) is 0 Å². The minimum Gasteiger partial charge on any atom is -0.293 e. The number of rotatable bonds is 3. The molecule has 0 N–H and O–H groups in total. The number of carbonyl (C=O) groups excluding carboxylic acids is 1. The summed E-state index contributed by atoms with van der Waals surface area (Å²) in [5.74, 6) is 0.419. The van der Waals surface area contributed by atoms with Gasteiger partial charge in [-0.15, -0.1) is 10.2 Å². The lowest BCUT2D eigenvalue weighted by Crippen LogP contribution is -2.43. The first-order chi connectivity index (χ1) is 12.1. The van der Waals surface area contributed by atoms with Gasteiger partial charge in [0.1, 0.15) is 5.82 Å². The number of piperidine rings is 1. The van der Waals surface area contributed by atoms with Crippen LogP contribution in [0.25, 0.3) is 11.4 Å². The first kappa shape index (κ1) is 15.4. The van der Waals surface area contributed by atoms with E-state index in [0.29, 0.717) is 30.2 Å². The second-order valence-corrected chi connectivity index (χ2v) is 5.94. The zero-order chi connectivity index (χ0) is 17.4. The van der Waals surface area contributed by atoms with Crippen LogP contribution in [0.1, 0.15) is 18.9 Å². The Bertz CT molecular complexity index is 919. The largest absolute Gasteiger partial charge is 0.293 e. The van der Waals surface area contributed by atoms with Gasteiger partial charge in [-0.3, -0.25) is 14.4 Å². The number of halogens is 1. The number of hydrogen-bond donors (Lipinski definition) is 0. The maximum Gasteiger partial charge on any atom is 0.255 e. The summed E-state index contributed by atoms with van der Waals surface area (Å²) in [5, 5.41) is 16.5. The highest BCUT2D eigenvalue weighted by Gasteiger charge is 2.33. The Morgan fingerprint density at radius 2 is 2.12 bits per heavy atom. The molecule has 0 saturated carbocycles. The van der Waals surface area contributed by atoms with Crippen molar-refractivity contribution in [2.75, 3.05) is 11.4 Å². The van der Waals surface area contributed by atoms with Crippen molar-refractivity contribution in [1.29, 1.82) is 0 Å². The van der Waals surface area contributed by atoms with Gasteiger partial charge in [-0.25, -0.2) is 4.39 Å². The van der Waals surface area contributed by atoms with Crippen LogP contribution in [0, 0.1) is 5.82 Å². The maximum atomic E-state index is 13.4. The molecule has 25 heavy (non-hydrogen) atoms. The van der Waals surface area contributed by atoms with E-state index in [2.05, 4.69) is 20.5 Å². The van der Waals surface area contributed by atoms with Gasteiger partial charge in [0.25, 0.3) is 5.91 Å². The standard InChI is InChI=1S/C16H16FN7O/c1-22-9-7-14(19-22)23-8-3-6-13(16(23)25)24-20-15(18-21-24)11-4-2-5-12(17)10-11/h2,4-5,7,9-10,13H,3,6,8H2,1H3/t13-/m0/s1. The van der Waals surface area contributed by atoms with Gasteiger partial charge in [-0.05, 0) is 30.2 Å². The molecule has 3 heterocycles. The molecule has 8 nitrogen and oxygen atoms in total. The van der Waals surface area contributed by atoms with Crippen LogP contribution in [-0.2, 0) is 11.8 Å². The number of aromatic nitrogens is 6. The molecule has 4 rings (SSSR count). The number of anilines is 1. The minimum absolute atomic E-state index is 0.117. The van der Waals surface area contributed by atoms with E-state index in [1.54, 1.807) is 41.0 Å².